The fourth-order valence-corrected chi connectivity index (χ4v) is 2.39. The van der Waals surface area contributed by atoms with E-state index in [1.165, 1.54) is 0 Å². The van der Waals surface area contributed by atoms with Crippen LogP contribution in [0.3, 0.4) is 0 Å². The molecule has 2 unspecified atom stereocenters. The van der Waals surface area contributed by atoms with Crippen molar-refractivity contribution >= 4 is 6.09 Å². The lowest BCUT2D eigenvalue weighted by molar-refractivity contribution is 0.0200. The second-order valence-electron chi connectivity index (χ2n) is 6.86. The maximum absolute atomic E-state index is 12.1. The summed E-state index contributed by atoms with van der Waals surface area (Å²) < 4.78 is 5.43. The Morgan fingerprint density at radius 2 is 2.05 bits per heavy atom. The van der Waals surface area contributed by atoms with Crippen molar-refractivity contribution in [2.45, 2.75) is 78.0 Å². The molecule has 1 rings (SSSR count). The average molecular weight is 271 g/mol. The van der Waals surface area contributed by atoms with E-state index in [0.29, 0.717) is 0 Å². The summed E-state index contributed by atoms with van der Waals surface area (Å²) in [7, 11) is 0. The first-order valence-corrected chi connectivity index (χ1v) is 7.38. The first-order chi connectivity index (χ1) is 8.70. The normalized spacial score (nSPS) is 21.8. The Morgan fingerprint density at radius 3 is 2.58 bits per heavy atom. The summed E-state index contributed by atoms with van der Waals surface area (Å²) >= 11 is 0. The van der Waals surface area contributed by atoms with E-state index in [0.717, 1.165) is 32.2 Å². The third-order valence-electron chi connectivity index (χ3n) is 3.57. The van der Waals surface area contributed by atoms with Gasteiger partial charge in [-0.1, -0.05) is 13.8 Å². The van der Waals surface area contributed by atoms with Gasteiger partial charge in [0, 0.05) is 12.6 Å². The third-order valence-corrected chi connectivity index (χ3v) is 3.57. The molecule has 0 saturated carbocycles. The van der Waals surface area contributed by atoms with Gasteiger partial charge in [-0.2, -0.15) is 0 Å². The quantitative estimate of drug-likeness (QED) is 0.854. The van der Waals surface area contributed by atoms with E-state index >= 15 is 0 Å². The van der Waals surface area contributed by atoms with Gasteiger partial charge in [-0.05, 0) is 52.4 Å². The highest BCUT2D eigenvalue weighted by molar-refractivity contribution is 5.68. The van der Waals surface area contributed by atoms with Crippen LogP contribution in [-0.2, 0) is 4.74 Å². The number of aliphatic hydroxyl groups excluding tert-OH is 1. The molecule has 4 nitrogen and oxygen atoms in total. The minimum Gasteiger partial charge on any atom is -0.444 e. The second kappa shape index (κ2) is 6.60. The van der Waals surface area contributed by atoms with E-state index in [1.54, 1.807) is 0 Å². The van der Waals surface area contributed by atoms with Crippen LogP contribution in [0.2, 0.25) is 0 Å². The minimum atomic E-state index is -0.443. The molecule has 4 heteroatoms. The topological polar surface area (TPSA) is 49.8 Å². The standard InChI is InChI=1S/C15H29NO3/c1-11(2)13(17)9-8-12-7-6-10-16(12)14(18)19-15(3,4)5/h11-13,17H,6-10H2,1-5H3. The van der Waals surface area contributed by atoms with Crippen LogP contribution in [0.15, 0.2) is 0 Å². The molecule has 1 N–H and O–H groups in total. The zero-order chi connectivity index (χ0) is 14.6. The second-order valence-corrected chi connectivity index (χ2v) is 6.86. The highest BCUT2D eigenvalue weighted by Gasteiger charge is 2.32. The molecule has 0 aromatic rings. The van der Waals surface area contributed by atoms with Crippen LogP contribution in [0.4, 0.5) is 4.79 Å². The lowest BCUT2D eigenvalue weighted by Gasteiger charge is -2.29. The summed E-state index contributed by atoms with van der Waals surface area (Å²) in [5, 5.41) is 9.86. The first-order valence-electron chi connectivity index (χ1n) is 7.38. The number of ether oxygens (including phenoxy) is 1. The molecule has 1 amide bonds. The van der Waals surface area contributed by atoms with Gasteiger partial charge in [0.15, 0.2) is 0 Å². The fraction of sp³-hybridized carbons (Fsp3) is 0.933. The molecule has 1 aliphatic rings. The molecular weight excluding hydrogens is 242 g/mol. The number of likely N-dealkylation sites (tertiary alicyclic amines) is 1. The van der Waals surface area contributed by atoms with Gasteiger partial charge in [-0.3, -0.25) is 0 Å². The van der Waals surface area contributed by atoms with Gasteiger partial charge in [0.2, 0.25) is 0 Å². The lowest BCUT2D eigenvalue weighted by Crippen LogP contribution is -2.40. The highest BCUT2D eigenvalue weighted by Crippen LogP contribution is 2.25. The number of nitrogens with zero attached hydrogens (tertiary/aromatic N) is 1. The van der Waals surface area contributed by atoms with Crippen molar-refractivity contribution in [2.24, 2.45) is 5.92 Å². The minimum absolute atomic E-state index is 0.214. The molecule has 0 aromatic heterocycles. The zero-order valence-corrected chi connectivity index (χ0v) is 13.0. The SMILES string of the molecule is CC(C)C(O)CCC1CCCN1C(=O)OC(C)(C)C. The van der Waals surface area contributed by atoms with Gasteiger partial charge < -0.3 is 14.7 Å². The maximum Gasteiger partial charge on any atom is 0.410 e. The summed E-state index contributed by atoms with van der Waals surface area (Å²) in [5.74, 6) is 0.274. The lowest BCUT2D eigenvalue weighted by atomic mass is 9.99. The Hall–Kier alpha value is -0.770. The summed E-state index contributed by atoms with van der Waals surface area (Å²) in [6.07, 6.45) is 3.17. The number of rotatable bonds is 4. The number of carbonyl (C=O) groups is 1. The van der Waals surface area contributed by atoms with Gasteiger partial charge in [0.25, 0.3) is 0 Å². The van der Waals surface area contributed by atoms with E-state index in [-0.39, 0.29) is 24.2 Å². The molecule has 0 aliphatic carbocycles. The van der Waals surface area contributed by atoms with Crippen molar-refractivity contribution in [3.8, 4) is 0 Å². The predicted octanol–water partition coefficient (Wildman–Crippen LogP) is 3.18. The molecular formula is C15H29NO3. The first kappa shape index (κ1) is 16.3. The number of amides is 1. The summed E-state index contributed by atoms with van der Waals surface area (Å²) in [5.41, 5.74) is -0.443. The van der Waals surface area contributed by atoms with Gasteiger partial charge in [-0.15, -0.1) is 0 Å². The van der Waals surface area contributed by atoms with Gasteiger partial charge >= 0.3 is 6.09 Å². The van der Waals surface area contributed by atoms with E-state index in [2.05, 4.69) is 0 Å². The summed E-state index contributed by atoms with van der Waals surface area (Å²) in [4.78, 5) is 13.9. The van der Waals surface area contributed by atoms with Crippen LogP contribution in [0.1, 0.15) is 60.3 Å². The Bertz CT molecular complexity index is 296. The Kier molecular flexibility index (Phi) is 5.65. The van der Waals surface area contributed by atoms with Crippen LogP contribution >= 0.6 is 0 Å². The van der Waals surface area contributed by atoms with Crippen molar-refractivity contribution in [1.29, 1.82) is 0 Å². The van der Waals surface area contributed by atoms with E-state index in [9.17, 15) is 9.90 Å². The molecule has 19 heavy (non-hydrogen) atoms. The van der Waals surface area contributed by atoms with E-state index in [1.807, 2.05) is 39.5 Å². The van der Waals surface area contributed by atoms with Gasteiger partial charge in [0.05, 0.1) is 6.10 Å². The summed E-state index contributed by atoms with van der Waals surface area (Å²) in [6.45, 7) is 10.5. The maximum atomic E-state index is 12.1. The number of aliphatic hydroxyl groups is 1. The van der Waals surface area contributed by atoms with E-state index < -0.39 is 5.60 Å². The summed E-state index contributed by atoms with van der Waals surface area (Å²) in [6, 6.07) is 0.225. The Morgan fingerprint density at radius 1 is 1.42 bits per heavy atom. The van der Waals surface area contributed by atoms with Crippen LogP contribution < -0.4 is 0 Å². The fourth-order valence-electron chi connectivity index (χ4n) is 2.39. The molecule has 0 spiro atoms. The largest absolute Gasteiger partial charge is 0.444 e. The molecule has 1 fully saturated rings. The smallest absolute Gasteiger partial charge is 0.410 e. The molecule has 1 heterocycles. The van der Waals surface area contributed by atoms with Crippen molar-refractivity contribution in [3.05, 3.63) is 0 Å². The molecule has 0 radical (unpaired) electrons. The van der Waals surface area contributed by atoms with E-state index in [4.69, 9.17) is 4.74 Å². The Labute approximate surface area is 117 Å². The van der Waals surface area contributed by atoms with Crippen LogP contribution in [0.5, 0.6) is 0 Å². The monoisotopic (exact) mass is 271 g/mol. The molecule has 112 valence electrons. The predicted molar refractivity (Wildman–Crippen MR) is 76.0 cm³/mol. The van der Waals surface area contributed by atoms with Crippen molar-refractivity contribution < 1.29 is 14.6 Å². The van der Waals surface area contributed by atoms with Crippen LogP contribution in [0, 0.1) is 5.92 Å². The molecule has 0 aromatic carbocycles. The zero-order valence-electron chi connectivity index (χ0n) is 13.0. The number of carbonyl (C=O) groups excluding carboxylic acids is 1. The third kappa shape index (κ3) is 5.39. The van der Waals surface area contributed by atoms with Gasteiger partial charge in [0.1, 0.15) is 5.60 Å². The van der Waals surface area contributed by atoms with Crippen molar-refractivity contribution in [3.63, 3.8) is 0 Å². The number of hydrogen-bond donors (Lipinski definition) is 1. The van der Waals surface area contributed by atoms with Crippen molar-refractivity contribution in [1.82, 2.24) is 4.90 Å². The number of hydrogen-bond acceptors (Lipinski definition) is 3. The molecule has 1 saturated heterocycles. The molecule has 1 aliphatic heterocycles. The Balaban J connectivity index is 2.47. The average Bonchev–Trinajstić information content (AvgIpc) is 2.71. The van der Waals surface area contributed by atoms with Crippen molar-refractivity contribution in [2.75, 3.05) is 6.54 Å². The molecule has 0 bridgehead atoms. The van der Waals surface area contributed by atoms with Crippen LogP contribution in [-0.4, -0.2) is 40.4 Å². The highest BCUT2D eigenvalue weighted by atomic mass is 16.6. The molecule has 2 atom stereocenters. The van der Waals surface area contributed by atoms with Crippen LogP contribution in [0.25, 0.3) is 0 Å². The van der Waals surface area contributed by atoms with Gasteiger partial charge in [-0.25, -0.2) is 4.79 Å².